The lowest BCUT2D eigenvalue weighted by Gasteiger charge is -2.11. The summed E-state index contributed by atoms with van der Waals surface area (Å²) >= 11 is 0. The van der Waals surface area contributed by atoms with Crippen LogP contribution in [0.15, 0.2) is 36.7 Å². The lowest BCUT2D eigenvalue weighted by atomic mass is 10.2. The molecular weight excluding hydrogens is 234 g/mol. The van der Waals surface area contributed by atoms with E-state index in [1.807, 2.05) is 18.2 Å². The Morgan fingerprint density at radius 1 is 0.944 bits per heavy atom. The highest BCUT2D eigenvalue weighted by molar-refractivity contribution is 5.64. The van der Waals surface area contributed by atoms with E-state index in [2.05, 4.69) is 0 Å². The van der Waals surface area contributed by atoms with Crippen LogP contribution in [-0.4, -0.2) is 24.4 Å². The van der Waals surface area contributed by atoms with Gasteiger partial charge in [-0.25, -0.2) is 0 Å². The topological polar surface area (TPSA) is 62.8 Å². The zero-order valence-electron chi connectivity index (χ0n) is 10.1. The average Bonchev–Trinajstić information content (AvgIpc) is 2.41. The molecule has 0 aliphatic heterocycles. The van der Waals surface area contributed by atoms with Gasteiger partial charge in [-0.1, -0.05) is 6.07 Å². The van der Waals surface area contributed by atoms with E-state index in [1.54, 1.807) is 17.0 Å². The van der Waals surface area contributed by atoms with Gasteiger partial charge in [0.15, 0.2) is 18.1 Å². The summed E-state index contributed by atoms with van der Waals surface area (Å²) in [6, 6.07) is 6.89. The van der Waals surface area contributed by atoms with E-state index in [0.717, 1.165) is 0 Å². The van der Waals surface area contributed by atoms with Crippen LogP contribution < -0.4 is 14.0 Å². The molecule has 0 bridgehead atoms. The minimum absolute atomic E-state index is 0.0941. The van der Waals surface area contributed by atoms with E-state index in [0.29, 0.717) is 5.69 Å². The molecule has 18 heavy (non-hydrogen) atoms. The summed E-state index contributed by atoms with van der Waals surface area (Å²) in [5.74, 6) is 0.0148. The minimum atomic E-state index is -0.0986. The SMILES string of the molecule is COc1c(O)cc(-[n+]2ccccc2)c(O)c1OC. The second-order valence-electron chi connectivity index (χ2n) is 3.61. The van der Waals surface area contributed by atoms with Crippen molar-refractivity contribution in [1.29, 1.82) is 0 Å². The second kappa shape index (κ2) is 4.83. The molecule has 1 aromatic heterocycles. The third kappa shape index (κ3) is 1.90. The van der Waals surface area contributed by atoms with Gasteiger partial charge in [-0.3, -0.25) is 0 Å². The van der Waals surface area contributed by atoms with Crippen LogP contribution in [0.2, 0.25) is 0 Å². The summed E-state index contributed by atoms with van der Waals surface area (Å²) in [5, 5.41) is 20.0. The van der Waals surface area contributed by atoms with E-state index in [4.69, 9.17) is 9.47 Å². The molecule has 2 aromatic rings. The van der Waals surface area contributed by atoms with Crippen LogP contribution in [0.1, 0.15) is 0 Å². The summed E-state index contributed by atoms with van der Waals surface area (Å²) in [6.07, 6.45) is 3.50. The third-order valence-corrected chi connectivity index (χ3v) is 2.57. The van der Waals surface area contributed by atoms with E-state index < -0.39 is 0 Å². The van der Waals surface area contributed by atoms with Gasteiger partial charge in [-0.2, -0.15) is 4.57 Å². The standard InChI is InChI=1S/C13H13NO4/c1-17-12-10(15)8-9(11(16)13(12)18-2)14-6-4-3-5-7-14/h3-8H,1-2H3,(H-,15,16)/p+1. The fraction of sp³-hybridized carbons (Fsp3) is 0.154. The van der Waals surface area contributed by atoms with Crippen molar-refractivity contribution in [3.8, 4) is 28.7 Å². The maximum absolute atomic E-state index is 10.1. The highest BCUT2D eigenvalue weighted by Crippen LogP contribution is 2.45. The number of hydrogen-bond donors (Lipinski definition) is 2. The monoisotopic (exact) mass is 248 g/mol. The van der Waals surface area contributed by atoms with Gasteiger partial charge in [0.1, 0.15) is 0 Å². The van der Waals surface area contributed by atoms with Crippen molar-refractivity contribution >= 4 is 0 Å². The Hall–Kier alpha value is -2.43. The number of pyridine rings is 1. The van der Waals surface area contributed by atoms with Crippen LogP contribution >= 0.6 is 0 Å². The van der Waals surface area contributed by atoms with Crippen molar-refractivity contribution in [2.45, 2.75) is 0 Å². The van der Waals surface area contributed by atoms with Gasteiger partial charge in [-0.05, 0) is 0 Å². The van der Waals surface area contributed by atoms with Crippen molar-refractivity contribution in [2.75, 3.05) is 14.2 Å². The first-order valence-electron chi connectivity index (χ1n) is 5.32. The zero-order valence-corrected chi connectivity index (χ0v) is 10.1. The van der Waals surface area contributed by atoms with Crippen molar-refractivity contribution in [1.82, 2.24) is 0 Å². The number of aromatic nitrogens is 1. The van der Waals surface area contributed by atoms with E-state index in [1.165, 1.54) is 20.3 Å². The molecule has 5 nitrogen and oxygen atoms in total. The molecule has 0 fully saturated rings. The fourth-order valence-corrected chi connectivity index (χ4v) is 1.75. The number of hydrogen-bond acceptors (Lipinski definition) is 4. The lowest BCUT2D eigenvalue weighted by molar-refractivity contribution is -0.596. The maximum atomic E-state index is 10.1. The molecule has 0 atom stereocenters. The first kappa shape index (κ1) is 12.0. The molecule has 2 N–H and O–H groups in total. The summed E-state index contributed by atoms with van der Waals surface area (Å²) < 4.78 is 11.7. The predicted octanol–water partition coefficient (Wildman–Crippen LogP) is 1.39. The summed E-state index contributed by atoms with van der Waals surface area (Å²) in [7, 11) is 2.79. The normalized spacial score (nSPS) is 10.1. The lowest BCUT2D eigenvalue weighted by Crippen LogP contribution is -2.29. The van der Waals surface area contributed by atoms with Crippen LogP contribution in [0.25, 0.3) is 5.69 Å². The van der Waals surface area contributed by atoms with E-state index >= 15 is 0 Å². The van der Waals surface area contributed by atoms with Gasteiger partial charge < -0.3 is 19.7 Å². The summed E-state index contributed by atoms with van der Waals surface area (Å²) in [5.41, 5.74) is 0.408. The number of benzene rings is 1. The predicted molar refractivity (Wildman–Crippen MR) is 64.4 cm³/mol. The van der Waals surface area contributed by atoms with Crippen molar-refractivity contribution in [3.63, 3.8) is 0 Å². The largest absolute Gasteiger partial charge is 0.504 e. The van der Waals surface area contributed by atoms with Gasteiger partial charge in [0.25, 0.3) is 5.69 Å². The number of ether oxygens (including phenoxy) is 2. The summed E-state index contributed by atoms with van der Waals surface area (Å²) in [4.78, 5) is 0. The molecule has 1 aromatic carbocycles. The molecular formula is C13H14NO4+. The van der Waals surface area contributed by atoms with Crippen molar-refractivity contribution in [3.05, 3.63) is 36.7 Å². The Morgan fingerprint density at radius 2 is 1.56 bits per heavy atom. The Balaban J connectivity index is 2.67. The smallest absolute Gasteiger partial charge is 0.260 e. The van der Waals surface area contributed by atoms with Gasteiger partial charge in [0.05, 0.1) is 20.3 Å². The Labute approximate surface area is 104 Å². The molecule has 0 spiro atoms. The van der Waals surface area contributed by atoms with Gasteiger partial charge >= 0.3 is 0 Å². The number of phenols is 2. The second-order valence-corrected chi connectivity index (χ2v) is 3.61. The number of aromatic hydroxyl groups is 2. The molecule has 94 valence electrons. The zero-order chi connectivity index (χ0) is 13.1. The number of methoxy groups -OCH3 is 2. The highest BCUT2D eigenvalue weighted by Gasteiger charge is 2.24. The van der Waals surface area contributed by atoms with Gasteiger partial charge in [0.2, 0.25) is 17.2 Å². The van der Waals surface area contributed by atoms with Gasteiger partial charge in [0, 0.05) is 12.1 Å². The first-order chi connectivity index (χ1) is 8.69. The first-order valence-corrected chi connectivity index (χ1v) is 5.32. The van der Waals surface area contributed by atoms with Crippen LogP contribution in [0.5, 0.6) is 23.0 Å². The molecule has 5 heteroatoms. The molecule has 0 aliphatic rings. The average molecular weight is 248 g/mol. The molecule has 1 heterocycles. The minimum Gasteiger partial charge on any atom is -0.504 e. The summed E-state index contributed by atoms with van der Waals surface area (Å²) in [6.45, 7) is 0. The van der Waals surface area contributed by atoms with Crippen molar-refractivity contribution < 1.29 is 24.3 Å². The molecule has 0 saturated heterocycles. The number of nitrogens with zero attached hydrogens (tertiary/aromatic N) is 1. The van der Waals surface area contributed by atoms with E-state index in [-0.39, 0.29) is 23.0 Å². The molecule has 0 saturated carbocycles. The molecule has 2 rings (SSSR count). The molecule has 0 unspecified atom stereocenters. The van der Waals surface area contributed by atoms with Crippen LogP contribution in [0.4, 0.5) is 0 Å². The molecule has 0 aliphatic carbocycles. The Kier molecular flexibility index (Phi) is 3.23. The molecule has 0 radical (unpaired) electrons. The van der Waals surface area contributed by atoms with Gasteiger partial charge in [-0.15, -0.1) is 0 Å². The number of phenolic OH excluding ortho intramolecular Hbond substituents is 2. The van der Waals surface area contributed by atoms with Crippen molar-refractivity contribution in [2.24, 2.45) is 0 Å². The van der Waals surface area contributed by atoms with Crippen LogP contribution in [-0.2, 0) is 0 Å². The Bertz CT molecular complexity index is 555. The Morgan fingerprint density at radius 3 is 2.11 bits per heavy atom. The third-order valence-electron chi connectivity index (χ3n) is 2.57. The van der Waals surface area contributed by atoms with Crippen LogP contribution in [0, 0.1) is 0 Å². The highest BCUT2D eigenvalue weighted by atomic mass is 16.5. The van der Waals surface area contributed by atoms with Crippen LogP contribution in [0.3, 0.4) is 0 Å². The quantitative estimate of drug-likeness (QED) is 0.636. The number of rotatable bonds is 3. The molecule has 0 amide bonds. The maximum Gasteiger partial charge on any atom is 0.260 e. The fourth-order valence-electron chi connectivity index (χ4n) is 1.75. The van der Waals surface area contributed by atoms with E-state index in [9.17, 15) is 10.2 Å².